The summed E-state index contributed by atoms with van der Waals surface area (Å²) in [5.41, 5.74) is 2.70. The van der Waals surface area contributed by atoms with Crippen LogP contribution in [0.15, 0.2) is 82.9 Å². The molecule has 0 spiro atoms. The van der Waals surface area contributed by atoms with Crippen molar-refractivity contribution in [1.82, 2.24) is 15.1 Å². The number of rotatable bonds is 6. The van der Waals surface area contributed by atoms with Gasteiger partial charge in [-0.15, -0.1) is 11.3 Å². The Balaban J connectivity index is 1.57. The molecule has 0 aliphatic heterocycles. The van der Waals surface area contributed by atoms with Crippen molar-refractivity contribution in [2.45, 2.75) is 6.54 Å². The Kier molecular flexibility index (Phi) is 4.98. The predicted octanol–water partition coefficient (Wildman–Crippen LogP) is 4.52. The lowest BCUT2D eigenvalue weighted by Crippen LogP contribution is -2.19. The summed E-state index contributed by atoms with van der Waals surface area (Å²) in [6.45, 7) is 0.358. The topological polar surface area (TPSA) is 60.1 Å². The van der Waals surface area contributed by atoms with Crippen LogP contribution in [0, 0.1) is 0 Å². The van der Waals surface area contributed by atoms with Crippen LogP contribution in [0.2, 0.25) is 0 Å². The van der Waals surface area contributed by atoms with Gasteiger partial charge >= 0.3 is 0 Å². The van der Waals surface area contributed by atoms with Crippen molar-refractivity contribution in [1.29, 1.82) is 0 Å². The first-order chi connectivity index (χ1) is 13.3. The van der Waals surface area contributed by atoms with Crippen molar-refractivity contribution in [3.05, 3.63) is 89.8 Å². The largest absolute Gasteiger partial charge is 0.467 e. The molecule has 3 aromatic heterocycles. The van der Waals surface area contributed by atoms with Crippen molar-refractivity contribution in [2.24, 2.45) is 0 Å². The zero-order valence-electron chi connectivity index (χ0n) is 14.4. The molecule has 1 amide bonds. The van der Waals surface area contributed by atoms with Gasteiger partial charge in [0.2, 0.25) is 5.91 Å². The van der Waals surface area contributed by atoms with Gasteiger partial charge in [0.05, 0.1) is 23.4 Å². The first-order valence-electron chi connectivity index (χ1n) is 8.47. The highest BCUT2D eigenvalue weighted by Crippen LogP contribution is 2.28. The van der Waals surface area contributed by atoms with Crippen molar-refractivity contribution in [2.75, 3.05) is 0 Å². The monoisotopic (exact) mass is 375 g/mol. The number of aromatic nitrogens is 2. The van der Waals surface area contributed by atoms with E-state index in [4.69, 9.17) is 9.52 Å². The quantitative estimate of drug-likeness (QED) is 0.504. The molecular formula is C21H17N3O2S. The second-order valence-corrected chi connectivity index (χ2v) is 6.77. The van der Waals surface area contributed by atoms with E-state index in [1.807, 2.05) is 64.8 Å². The molecule has 4 rings (SSSR count). The van der Waals surface area contributed by atoms with Gasteiger partial charge < -0.3 is 9.73 Å². The number of carbonyl (C=O) groups is 1. The van der Waals surface area contributed by atoms with E-state index in [1.165, 1.54) is 6.08 Å². The number of thiophene rings is 1. The van der Waals surface area contributed by atoms with Crippen LogP contribution in [0.5, 0.6) is 0 Å². The summed E-state index contributed by atoms with van der Waals surface area (Å²) in [6, 6.07) is 17.5. The number of hydrogen-bond acceptors (Lipinski definition) is 4. The van der Waals surface area contributed by atoms with Crippen LogP contribution in [-0.2, 0) is 11.3 Å². The highest BCUT2D eigenvalue weighted by Gasteiger charge is 2.11. The molecule has 3 heterocycles. The van der Waals surface area contributed by atoms with E-state index in [-0.39, 0.29) is 5.91 Å². The number of para-hydroxylation sites is 1. The van der Waals surface area contributed by atoms with Crippen LogP contribution >= 0.6 is 11.3 Å². The SMILES string of the molecule is O=C(/C=C/c1cn(-c2ccccc2)nc1-c1cccs1)NCc1ccco1. The molecule has 0 saturated carbocycles. The lowest BCUT2D eigenvalue weighted by atomic mass is 10.2. The summed E-state index contributed by atoms with van der Waals surface area (Å²) in [4.78, 5) is 13.2. The summed E-state index contributed by atoms with van der Waals surface area (Å²) < 4.78 is 7.05. The maximum Gasteiger partial charge on any atom is 0.244 e. The minimum atomic E-state index is -0.184. The molecule has 134 valence electrons. The normalized spacial score (nSPS) is 11.1. The molecule has 0 saturated heterocycles. The first-order valence-corrected chi connectivity index (χ1v) is 9.35. The summed E-state index contributed by atoms with van der Waals surface area (Å²) in [6.07, 6.45) is 6.83. The molecule has 6 heteroatoms. The van der Waals surface area contributed by atoms with E-state index >= 15 is 0 Å². The maximum absolute atomic E-state index is 12.1. The highest BCUT2D eigenvalue weighted by molar-refractivity contribution is 7.13. The van der Waals surface area contributed by atoms with Gasteiger partial charge in [-0.3, -0.25) is 4.79 Å². The molecule has 4 aromatic rings. The standard InChI is InChI=1S/C21H17N3O2S/c25-20(22-14-18-8-4-12-26-18)11-10-16-15-24(17-6-2-1-3-7-17)23-21(16)19-9-5-13-27-19/h1-13,15H,14H2,(H,22,25)/b11-10+. The van der Waals surface area contributed by atoms with Crippen LogP contribution in [-0.4, -0.2) is 15.7 Å². The van der Waals surface area contributed by atoms with Crippen LogP contribution in [0.4, 0.5) is 0 Å². The maximum atomic E-state index is 12.1. The highest BCUT2D eigenvalue weighted by atomic mass is 32.1. The minimum Gasteiger partial charge on any atom is -0.467 e. The van der Waals surface area contributed by atoms with Gasteiger partial charge in [-0.1, -0.05) is 24.3 Å². The fraction of sp³-hybridized carbons (Fsp3) is 0.0476. The first kappa shape index (κ1) is 17.1. The molecule has 0 aliphatic rings. The molecule has 0 radical (unpaired) electrons. The van der Waals surface area contributed by atoms with Crippen molar-refractivity contribution >= 4 is 23.3 Å². The van der Waals surface area contributed by atoms with Crippen LogP contribution in [0.25, 0.3) is 22.3 Å². The van der Waals surface area contributed by atoms with Gasteiger partial charge in [0.1, 0.15) is 11.5 Å². The van der Waals surface area contributed by atoms with Crippen LogP contribution < -0.4 is 5.32 Å². The number of furan rings is 1. The van der Waals surface area contributed by atoms with E-state index in [0.29, 0.717) is 12.3 Å². The summed E-state index contributed by atoms with van der Waals surface area (Å²) >= 11 is 1.62. The number of nitrogens with zero attached hydrogens (tertiary/aromatic N) is 2. The fourth-order valence-corrected chi connectivity index (χ4v) is 3.37. The van der Waals surface area contributed by atoms with E-state index in [1.54, 1.807) is 29.7 Å². The Hall–Kier alpha value is -3.38. The number of benzene rings is 1. The zero-order chi connectivity index (χ0) is 18.5. The number of amides is 1. The van der Waals surface area contributed by atoms with E-state index in [0.717, 1.165) is 21.8 Å². The second-order valence-electron chi connectivity index (χ2n) is 5.82. The lowest BCUT2D eigenvalue weighted by Gasteiger charge is -1.99. The predicted molar refractivity (Wildman–Crippen MR) is 106 cm³/mol. The zero-order valence-corrected chi connectivity index (χ0v) is 15.2. The van der Waals surface area contributed by atoms with E-state index in [9.17, 15) is 4.79 Å². The molecule has 0 atom stereocenters. The summed E-state index contributed by atoms with van der Waals surface area (Å²) in [7, 11) is 0. The Morgan fingerprint density at radius 3 is 2.78 bits per heavy atom. The Morgan fingerprint density at radius 2 is 2.04 bits per heavy atom. The Morgan fingerprint density at radius 1 is 1.15 bits per heavy atom. The lowest BCUT2D eigenvalue weighted by molar-refractivity contribution is -0.116. The molecule has 0 unspecified atom stereocenters. The van der Waals surface area contributed by atoms with E-state index in [2.05, 4.69) is 5.32 Å². The van der Waals surface area contributed by atoms with Crippen LogP contribution in [0.1, 0.15) is 11.3 Å². The molecular weight excluding hydrogens is 358 g/mol. The van der Waals surface area contributed by atoms with Crippen molar-refractivity contribution in [3.63, 3.8) is 0 Å². The molecule has 5 nitrogen and oxygen atoms in total. The Bertz CT molecular complexity index is 1030. The van der Waals surface area contributed by atoms with Gasteiger partial charge in [-0.2, -0.15) is 5.10 Å². The molecule has 0 aliphatic carbocycles. The number of nitrogens with one attached hydrogen (secondary N) is 1. The van der Waals surface area contributed by atoms with Gasteiger partial charge in [0.25, 0.3) is 0 Å². The van der Waals surface area contributed by atoms with Gasteiger partial charge in [-0.25, -0.2) is 4.68 Å². The van der Waals surface area contributed by atoms with Gasteiger partial charge in [-0.05, 0) is 41.8 Å². The van der Waals surface area contributed by atoms with Gasteiger partial charge in [0.15, 0.2) is 0 Å². The summed E-state index contributed by atoms with van der Waals surface area (Å²) in [5.74, 6) is 0.531. The molecule has 27 heavy (non-hydrogen) atoms. The van der Waals surface area contributed by atoms with E-state index < -0.39 is 0 Å². The minimum absolute atomic E-state index is 0.184. The molecule has 0 fully saturated rings. The molecule has 1 aromatic carbocycles. The third-order valence-corrected chi connectivity index (χ3v) is 4.83. The molecule has 0 bridgehead atoms. The number of hydrogen-bond donors (Lipinski definition) is 1. The average molecular weight is 375 g/mol. The van der Waals surface area contributed by atoms with Crippen molar-refractivity contribution < 1.29 is 9.21 Å². The van der Waals surface area contributed by atoms with Gasteiger partial charge in [0, 0.05) is 17.8 Å². The smallest absolute Gasteiger partial charge is 0.244 e. The third kappa shape index (κ3) is 4.07. The van der Waals surface area contributed by atoms with Crippen LogP contribution in [0.3, 0.4) is 0 Å². The van der Waals surface area contributed by atoms with Crippen molar-refractivity contribution in [3.8, 4) is 16.3 Å². The molecule has 1 N–H and O–H groups in total. The Labute approximate surface area is 160 Å². The number of carbonyl (C=O) groups excluding carboxylic acids is 1. The average Bonchev–Trinajstić information content (AvgIpc) is 3.47. The second kappa shape index (κ2) is 7.88. The fourth-order valence-electron chi connectivity index (χ4n) is 2.64. The third-order valence-electron chi connectivity index (χ3n) is 3.95. The summed E-state index contributed by atoms with van der Waals surface area (Å²) in [5, 5.41) is 9.53.